The Bertz CT molecular complexity index is 665. The minimum Gasteiger partial charge on any atom is -0.368 e. The molecule has 3 rings (SSSR count). The third kappa shape index (κ3) is 3.69. The average molecular weight is 309 g/mol. The maximum Gasteiger partial charge on any atom is 0.313 e. The van der Waals surface area contributed by atoms with E-state index in [0.29, 0.717) is 18.8 Å². The Balaban J connectivity index is 1.55. The molecule has 1 aliphatic heterocycles. The molecular weight excluding hydrogens is 290 g/mol. The Hall–Kier alpha value is -2.82. The molecule has 2 amide bonds. The number of anilines is 2. The summed E-state index contributed by atoms with van der Waals surface area (Å²) in [6.45, 7) is 2.56. The van der Waals surface area contributed by atoms with Crippen molar-refractivity contribution >= 4 is 23.2 Å². The Labute approximate surface area is 135 Å². The fourth-order valence-corrected chi connectivity index (χ4v) is 2.66. The van der Waals surface area contributed by atoms with Gasteiger partial charge in [-0.05, 0) is 24.3 Å². The molecule has 0 aromatic heterocycles. The number of nitrogens with zero attached hydrogens (tertiary/aromatic N) is 2. The number of piperazine rings is 1. The smallest absolute Gasteiger partial charge is 0.313 e. The number of amides is 2. The second-order valence-electron chi connectivity index (χ2n) is 5.43. The number of para-hydroxylation sites is 2. The zero-order valence-electron chi connectivity index (χ0n) is 12.8. The van der Waals surface area contributed by atoms with Gasteiger partial charge in [-0.1, -0.05) is 36.4 Å². The molecule has 23 heavy (non-hydrogen) atoms. The highest BCUT2D eigenvalue weighted by Gasteiger charge is 2.26. The molecule has 0 bridgehead atoms. The predicted molar refractivity (Wildman–Crippen MR) is 90.3 cm³/mol. The van der Waals surface area contributed by atoms with Gasteiger partial charge in [-0.25, -0.2) is 0 Å². The molecule has 0 saturated carbocycles. The first-order chi connectivity index (χ1) is 11.2. The summed E-state index contributed by atoms with van der Waals surface area (Å²) in [4.78, 5) is 28.1. The maximum atomic E-state index is 12.2. The van der Waals surface area contributed by atoms with E-state index in [4.69, 9.17) is 0 Å². The summed E-state index contributed by atoms with van der Waals surface area (Å²) < 4.78 is 0. The first-order valence-corrected chi connectivity index (χ1v) is 7.69. The molecule has 0 aliphatic carbocycles. The van der Waals surface area contributed by atoms with Crippen LogP contribution in [0.4, 0.5) is 11.4 Å². The van der Waals surface area contributed by atoms with E-state index in [1.165, 1.54) is 0 Å². The van der Waals surface area contributed by atoms with Crippen LogP contribution in [-0.4, -0.2) is 42.9 Å². The fraction of sp³-hybridized carbons (Fsp3) is 0.222. The summed E-state index contributed by atoms with van der Waals surface area (Å²) in [6, 6.07) is 19.1. The molecule has 2 aromatic carbocycles. The SMILES string of the molecule is O=C(Nc1ccccc1)C(=O)N1CCN(c2ccccc2)CC1. The molecule has 1 heterocycles. The summed E-state index contributed by atoms with van der Waals surface area (Å²) in [5.41, 5.74) is 1.78. The zero-order valence-corrected chi connectivity index (χ0v) is 12.8. The summed E-state index contributed by atoms with van der Waals surface area (Å²) in [5.74, 6) is -1.05. The van der Waals surface area contributed by atoms with Crippen LogP contribution in [0.3, 0.4) is 0 Å². The molecule has 1 N–H and O–H groups in total. The van der Waals surface area contributed by atoms with Crippen molar-refractivity contribution in [2.24, 2.45) is 0 Å². The second-order valence-corrected chi connectivity index (χ2v) is 5.43. The van der Waals surface area contributed by atoms with Gasteiger partial charge in [0.25, 0.3) is 0 Å². The Kier molecular flexibility index (Phi) is 4.57. The van der Waals surface area contributed by atoms with Gasteiger partial charge in [0.05, 0.1) is 0 Å². The van der Waals surface area contributed by atoms with Crippen LogP contribution < -0.4 is 10.2 Å². The van der Waals surface area contributed by atoms with Gasteiger partial charge >= 0.3 is 11.8 Å². The van der Waals surface area contributed by atoms with Crippen LogP contribution in [0.15, 0.2) is 60.7 Å². The highest BCUT2D eigenvalue weighted by Crippen LogP contribution is 2.15. The van der Waals surface area contributed by atoms with Crippen molar-refractivity contribution in [3.63, 3.8) is 0 Å². The second kappa shape index (κ2) is 6.96. The van der Waals surface area contributed by atoms with Crippen LogP contribution in [0.25, 0.3) is 0 Å². The molecule has 5 nitrogen and oxygen atoms in total. The van der Waals surface area contributed by atoms with Gasteiger partial charge in [-0.2, -0.15) is 0 Å². The van der Waals surface area contributed by atoms with Crippen molar-refractivity contribution in [2.45, 2.75) is 0 Å². The molecule has 1 aliphatic rings. The number of carbonyl (C=O) groups is 2. The van der Waals surface area contributed by atoms with E-state index in [-0.39, 0.29) is 0 Å². The molecule has 0 unspecified atom stereocenters. The molecule has 1 fully saturated rings. The summed E-state index contributed by atoms with van der Waals surface area (Å²) in [6.07, 6.45) is 0. The quantitative estimate of drug-likeness (QED) is 0.863. The monoisotopic (exact) mass is 309 g/mol. The van der Waals surface area contributed by atoms with Crippen molar-refractivity contribution in [1.82, 2.24) is 4.90 Å². The maximum absolute atomic E-state index is 12.2. The van der Waals surface area contributed by atoms with Crippen LogP contribution in [0, 0.1) is 0 Å². The minimum atomic E-state index is -0.579. The number of hydrogen-bond donors (Lipinski definition) is 1. The van der Waals surface area contributed by atoms with Crippen molar-refractivity contribution in [1.29, 1.82) is 0 Å². The van der Waals surface area contributed by atoms with Gasteiger partial charge in [0.1, 0.15) is 0 Å². The van der Waals surface area contributed by atoms with E-state index >= 15 is 0 Å². The van der Waals surface area contributed by atoms with Crippen LogP contribution >= 0.6 is 0 Å². The van der Waals surface area contributed by atoms with Gasteiger partial charge < -0.3 is 15.1 Å². The van der Waals surface area contributed by atoms with Gasteiger partial charge in [0.15, 0.2) is 0 Å². The lowest BCUT2D eigenvalue weighted by Crippen LogP contribution is -2.51. The lowest BCUT2D eigenvalue weighted by Gasteiger charge is -2.35. The molecular formula is C18H19N3O2. The molecule has 0 radical (unpaired) electrons. The lowest BCUT2D eigenvalue weighted by atomic mass is 10.2. The van der Waals surface area contributed by atoms with Crippen molar-refractivity contribution in [3.8, 4) is 0 Å². The number of rotatable bonds is 2. The van der Waals surface area contributed by atoms with Crippen LogP contribution in [-0.2, 0) is 9.59 Å². The fourth-order valence-electron chi connectivity index (χ4n) is 2.66. The molecule has 2 aromatic rings. The molecule has 0 atom stereocenters. The standard InChI is InChI=1S/C18H19N3O2/c22-17(19-15-7-3-1-4-8-15)18(23)21-13-11-20(12-14-21)16-9-5-2-6-10-16/h1-10H,11-14H2,(H,19,22). The highest BCUT2D eigenvalue weighted by molar-refractivity contribution is 6.39. The Morgan fingerprint density at radius 1 is 0.783 bits per heavy atom. The van der Waals surface area contributed by atoms with Crippen molar-refractivity contribution in [3.05, 3.63) is 60.7 Å². The van der Waals surface area contributed by atoms with E-state index in [1.807, 2.05) is 36.4 Å². The average Bonchev–Trinajstić information content (AvgIpc) is 2.63. The van der Waals surface area contributed by atoms with E-state index in [1.54, 1.807) is 17.0 Å². The van der Waals surface area contributed by atoms with E-state index in [2.05, 4.69) is 22.3 Å². The molecule has 0 spiro atoms. The first-order valence-electron chi connectivity index (χ1n) is 7.69. The van der Waals surface area contributed by atoms with Crippen molar-refractivity contribution in [2.75, 3.05) is 36.4 Å². The largest absolute Gasteiger partial charge is 0.368 e. The molecule has 118 valence electrons. The Morgan fingerprint density at radius 3 is 1.96 bits per heavy atom. The lowest BCUT2D eigenvalue weighted by molar-refractivity contribution is -0.143. The van der Waals surface area contributed by atoms with E-state index in [9.17, 15) is 9.59 Å². The van der Waals surface area contributed by atoms with Crippen LogP contribution in [0.5, 0.6) is 0 Å². The topological polar surface area (TPSA) is 52.7 Å². The Morgan fingerprint density at radius 2 is 1.35 bits per heavy atom. The normalized spacial score (nSPS) is 14.4. The number of nitrogens with one attached hydrogen (secondary N) is 1. The molecule has 1 saturated heterocycles. The zero-order chi connectivity index (χ0) is 16.1. The van der Waals surface area contributed by atoms with E-state index < -0.39 is 11.8 Å². The van der Waals surface area contributed by atoms with Crippen molar-refractivity contribution < 1.29 is 9.59 Å². The highest BCUT2D eigenvalue weighted by atomic mass is 16.2. The van der Waals surface area contributed by atoms with Crippen LogP contribution in [0.1, 0.15) is 0 Å². The number of carbonyl (C=O) groups excluding carboxylic acids is 2. The van der Waals surface area contributed by atoms with Crippen LogP contribution in [0.2, 0.25) is 0 Å². The summed E-state index contributed by atoms with van der Waals surface area (Å²) in [5, 5.41) is 2.64. The summed E-state index contributed by atoms with van der Waals surface area (Å²) in [7, 11) is 0. The third-order valence-corrected chi connectivity index (χ3v) is 3.91. The first kappa shape index (κ1) is 15.1. The van der Waals surface area contributed by atoms with Gasteiger partial charge in [-0.3, -0.25) is 9.59 Å². The van der Waals surface area contributed by atoms with Gasteiger partial charge in [0, 0.05) is 37.6 Å². The molecule has 5 heteroatoms. The minimum absolute atomic E-state index is 0.471. The number of benzene rings is 2. The van der Waals surface area contributed by atoms with Gasteiger partial charge in [-0.15, -0.1) is 0 Å². The number of hydrogen-bond acceptors (Lipinski definition) is 3. The summed E-state index contributed by atoms with van der Waals surface area (Å²) >= 11 is 0. The third-order valence-electron chi connectivity index (χ3n) is 3.91. The van der Waals surface area contributed by atoms with Gasteiger partial charge in [0.2, 0.25) is 0 Å². The predicted octanol–water partition coefficient (Wildman–Crippen LogP) is 1.97. The van der Waals surface area contributed by atoms with E-state index in [0.717, 1.165) is 18.8 Å².